The van der Waals surface area contributed by atoms with Crippen LogP contribution in [0.25, 0.3) is 0 Å². The van der Waals surface area contributed by atoms with Crippen molar-refractivity contribution in [1.29, 1.82) is 0 Å². The molecule has 3 aromatic rings. The SMILES string of the molecule is CCc1cccc(CNC[C@@H](O)[C@H](Cc2cc(F)cc(F)c2)NC(=O)CC(NC(=O)COC)c2ccccc2)c1. The van der Waals surface area contributed by atoms with Crippen molar-refractivity contribution in [3.8, 4) is 0 Å². The van der Waals surface area contributed by atoms with E-state index in [0.717, 1.165) is 23.6 Å². The van der Waals surface area contributed by atoms with Crippen LogP contribution in [-0.4, -0.2) is 49.3 Å². The van der Waals surface area contributed by atoms with Crippen molar-refractivity contribution >= 4 is 11.8 Å². The highest BCUT2D eigenvalue weighted by Gasteiger charge is 2.25. The van der Waals surface area contributed by atoms with E-state index in [2.05, 4.69) is 28.9 Å². The van der Waals surface area contributed by atoms with Crippen LogP contribution in [-0.2, 0) is 33.7 Å². The van der Waals surface area contributed by atoms with Gasteiger partial charge in [0, 0.05) is 26.3 Å². The maximum absolute atomic E-state index is 13.9. The second kappa shape index (κ2) is 15.8. The Kier molecular flexibility index (Phi) is 12.2. The van der Waals surface area contributed by atoms with Gasteiger partial charge in [-0.3, -0.25) is 9.59 Å². The zero-order valence-electron chi connectivity index (χ0n) is 22.8. The number of aliphatic hydroxyl groups is 1. The summed E-state index contributed by atoms with van der Waals surface area (Å²) >= 11 is 0. The van der Waals surface area contributed by atoms with Crippen LogP contribution in [0.15, 0.2) is 72.8 Å². The topological polar surface area (TPSA) is 99.7 Å². The molecule has 4 N–H and O–H groups in total. The van der Waals surface area contributed by atoms with Crippen molar-refractivity contribution in [3.63, 3.8) is 0 Å². The summed E-state index contributed by atoms with van der Waals surface area (Å²) in [6.45, 7) is 2.54. The first-order chi connectivity index (χ1) is 19.3. The van der Waals surface area contributed by atoms with Crippen LogP contribution in [0.4, 0.5) is 8.78 Å². The predicted molar refractivity (Wildman–Crippen MR) is 149 cm³/mol. The first-order valence-electron chi connectivity index (χ1n) is 13.3. The third kappa shape index (κ3) is 10.1. The van der Waals surface area contributed by atoms with E-state index >= 15 is 0 Å². The van der Waals surface area contributed by atoms with Gasteiger partial charge >= 0.3 is 0 Å². The number of ether oxygens (including phenoxy) is 1. The van der Waals surface area contributed by atoms with Crippen molar-refractivity contribution in [3.05, 3.63) is 107 Å². The molecule has 0 saturated heterocycles. The summed E-state index contributed by atoms with van der Waals surface area (Å²) in [6, 6.07) is 18.7. The molecule has 0 heterocycles. The van der Waals surface area contributed by atoms with E-state index in [4.69, 9.17) is 4.74 Å². The van der Waals surface area contributed by atoms with Crippen molar-refractivity contribution < 1.29 is 28.2 Å². The van der Waals surface area contributed by atoms with Gasteiger partial charge in [-0.25, -0.2) is 8.78 Å². The van der Waals surface area contributed by atoms with E-state index in [1.165, 1.54) is 24.8 Å². The van der Waals surface area contributed by atoms with Crippen LogP contribution in [0.1, 0.15) is 41.6 Å². The van der Waals surface area contributed by atoms with Crippen molar-refractivity contribution in [2.45, 2.75) is 50.9 Å². The Bertz CT molecular complexity index is 1220. The number of carbonyl (C=O) groups is 2. The minimum atomic E-state index is -1.07. The lowest BCUT2D eigenvalue weighted by Crippen LogP contribution is -2.49. The maximum atomic E-state index is 13.9. The molecule has 3 aromatic carbocycles. The average Bonchev–Trinajstić information content (AvgIpc) is 2.92. The molecule has 0 bridgehead atoms. The van der Waals surface area contributed by atoms with Gasteiger partial charge in [0.2, 0.25) is 11.8 Å². The van der Waals surface area contributed by atoms with Crippen LogP contribution >= 0.6 is 0 Å². The molecule has 0 aliphatic rings. The Morgan fingerprint density at radius 2 is 1.57 bits per heavy atom. The lowest BCUT2D eigenvalue weighted by Gasteiger charge is -2.26. The second-order valence-corrected chi connectivity index (χ2v) is 9.70. The third-order valence-electron chi connectivity index (χ3n) is 6.47. The number of rotatable bonds is 15. The highest BCUT2D eigenvalue weighted by atomic mass is 19.1. The summed E-state index contributed by atoms with van der Waals surface area (Å²) in [5, 5.41) is 19.9. The van der Waals surface area contributed by atoms with Gasteiger partial charge in [-0.05, 0) is 47.2 Å². The van der Waals surface area contributed by atoms with Crippen LogP contribution < -0.4 is 16.0 Å². The number of benzene rings is 3. The number of hydrogen-bond donors (Lipinski definition) is 4. The number of carbonyl (C=O) groups excluding carboxylic acids is 2. The fourth-order valence-electron chi connectivity index (χ4n) is 4.49. The number of hydrogen-bond acceptors (Lipinski definition) is 5. The molecule has 0 fully saturated rings. The molecule has 0 aliphatic heterocycles. The first kappa shape index (κ1) is 30.9. The first-order valence-corrected chi connectivity index (χ1v) is 13.3. The fraction of sp³-hybridized carbons (Fsp3) is 0.355. The minimum Gasteiger partial charge on any atom is -0.390 e. The Morgan fingerprint density at radius 1 is 0.875 bits per heavy atom. The van der Waals surface area contributed by atoms with Gasteiger partial charge in [0.25, 0.3) is 0 Å². The number of methoxy groups -OCH3 is 1. The molecule has 0 radical (unpaired) electrons. The van der Waals surface area contributed by atoms with E-state index < -0.39 is 35.7 Å². The molecule has 0 saturated carbocycles. The number of halogens is 2. The molecule has 0 aliphatic carbocycles. The van der Waals surface area contributed by atoms with E-state index in [0.29, 0.717) is 12.1 Å². The zero-order valence-corrected chi connectivity index (χ0v) is 22.8. The summed E-state index contributed by atoms with van der Waals surface area (Å²) in [7, 11) is 1.40. The Labute approximate surface area is 234 Å². The van der Waals surface area contributed by atoms with Gasteiger partial charge in [0.1, 0.15) is 18.2 Å². The largest absolute Gasteiger partial charge is 0.390 e. The van der Waals surface area contributed by atoms with Gasteiger partial charge < -0.3 is 25.8 Å². The Balaban J connectivity index is 1.72. The van der Waals surface area contributed by atoms with Gasteiger partial charge in [-0.1, -0.05) is 61.5 Å². The third-order valence-corrected chi connectivity index (χ3v) is 6.47. The molecule has 9 heteroatoms. The standard InChI is InChI=1S/C31H37F2N3O4/c1-3-21-8-7-9-22(12-21)18-34-19-29(37)28(15-23-13-25(32)16-26(33)14-23)36-30(38)17-27(35-31(39)20-40-2)24-10-5-4-6-11-24/h4-14,16,27-29,34,37H,3,15,17-20H2,1-2H3,(H,35,39)(H,36,38)/t27?,28-,29+/m0/s1. The van der Waals surface area contributed by atoms with Gasteiger partial charge in [-0.2, -0.15) is 0 Å². The number of nitrogens with one attached hydrogen (secondary N) is 3. The van der Waals surface area contributed by atoms with Crippen molar-refractivity contribution in [1.82, 2.24) is 16.0 Å². The average molecular weight is 554 g/mol. The lowest BCUT2D eigenvalue weighted by molar-refractivity contribution is -0.126. The summed E-state index contributed by atoms with van der Waals surface area (Å²) in [6.07, 6.45) is -0.272. The van der Waals surface area contributed by atoms with Crippen LogP contribution in [0.5, 0.6) is 0 Å². The van der Waals surface area contributed by atoms with Crippen molar-refractivity contribution in [2.24, 2.45) is 0 Å². The predicted octanol–water partition coefficient (Wildman–Crippen LogP) is 3.60. The zero-order chi connectivity index (χ0) is 28.9. The molecule has 0 aromatic heterocycles. The van der Waals surface area contributed by atoms with Gasteiger partial charge in [-0.15, -0.1) is 0 Å². The molecule has 1 unspecified atom stereocenters. The summed E-state index contributed by atoms with van der Waals surface area (Å²) in [5.74, 6) is -2.31. The number of amides is 2. The Hall–Kier alpha value is -3.66. The quantitative estimate of drug-likeness (QED) is 0.231. The highest BCUT2D eigenvalue weighted by Crippen LogP contribution is 2.18. The summed E-state index contributed by atoms with van der Waals surface area (Å²) in [4.78, 5) is 25.4. The van der Waals surface area contributed by atoms with Crippen LogP contribution in [0.3, 0.4) is 0 Å². The molecular weight excluding hydrogens is 516 g/mol. The van der Waals surface area contributed by atoms with Crippen molar-refractivity contribution in [2.75, 3.05) is 20.3 Å². The Morgan fingerprint density at radius 3 is 2.25 bits per heavy atom. The smallest absolute Gasteiger partial charge is 0.246 e. The van der Waals surface area contributed by atoms with Gasteiger partial charge in [0.15, 0.2) is 0 Å². The lowest BCUT2D eigenvalue weighted by atomic mass is 9.99. The molecule has 3 atom stereocenters. The molecule has 7 nitrogen and oxygen atoms in total. The summed E-state index contributed by atoms with van der Waals surface area (Å²) in [5.41, 5.74) is 3.27. The molecule has 0 spiro atoms. The fourth-order valence-corrected chi connectivity index (χ4v) is 4.49. The number of aliphatic hydroxyl groups excluding tert-OH is 1. The summed E-state index contributed by atoms with van der Waals surface area (Å²) < 4.78 is 32.7. The molecule has 3 rings (SSSR count). The van der Waals surface area contributed by atoms with E-state index in [-0.39, 0.29) is 31.9 Å². The minimum absolute atomic E-state index is 0.000619. The number of aryl methyl sites for hydroxylation is 1. The molecule has 40 heavy (non-hydrogen) atoms. The van der Waals surface area contributed by atoms with Gasteiger partial charge in [0.05, 0.1) is 24.6 Å². The van der Waals surface area contributed by atoms with E-state index in [9.17, 15) is 23.5 Å². The molecule has 214 valence electrons. The monoisotopic (exact) mass is 553 g/mol. The molecular formula is C31H37F2N3O4. The molecule has 2 amide bonds. The van der Waals surface area contributed by atoms with E-state index in [1.807, 2.05) is 24.3 Å². The second-order valence-electron chi connectivity index (χ2n) is 9.70. The van der Waals surface area contributed by atoms with Crippen LogP contribution in [0.2, 0.25) is 0 Å². The maximum Gasteiger partial charge on any atom is 0.246 e. The highest BCUT2D eigenvalue weighted by molar-refractivity contribution is 5.81. The normalized spacial score (nSPS) is 13.3. The van der Waals surface area contributed by atoms with E-state index in [1.54, 1.807) is 24.3 Å². The van der Waals surface area contributed by atoms with Crippen LogP contribution in [0, 0.1) is 11.6 Å².